The van der Waals surface area contributed by atoms with Gasteiger partial charge in [0.15, 0.2) is 6.54 Å². The summed E-state index contributed by atoms with van der Waals surface area (Å²) in [6.45, 7) is 5.98. The van der Waals surface area contributed by atoms with Crippen molar-refractivity contribution in [2.75, 3.05) is 32.7 Å². The lowest BCUT2D eigenvalue weighted by molar-refractivity contribution is -0.895. The lowest BCUT2D eigenvalue weighted by atomic mass is 10.00. The first-order valence-corrected chi connectivity index (χ1v) is 11.3. The number of hydrogen-bond acceptors (Lipinski definition) is 4. The molecular weight excluding hydrogens is 376 g/mol. The molecule has 8 heteroatoms. The zero-order valence-electron chi connectivity index (χ0n) is 16.6. The van der Waals surface area contributed by atoms with E-state index in [1.807, 2.05) is 26.0 Å². The van der Waals surface area contributed by atoms with E-state index in [-0.39, 0.29) is 12.5 Å². The number of rotatable bonds is 5. The lowest BCUT2D eigenvalue weighted by Gasteiger charge is -2.32. The molecule has 2 fully saturated rings. The number of carbonyl (C=O) groups is 1. The van der Waals surface area contributed by atoms with Crippen molar-refractivity contribution in [2.24, 2.45) is 0 Å². The zero-order valence-corrected chi connectivity index (χ0v) is 17.4. The molecule has 1 aliphatic heterocycles. The standard InChI is InChI=1S/C20H28N4O3S/c1-16-5-6-18(17(2)13-16)28(26,27)24-11-9-23(10-12-24)14-19(25)22-20(15-21)7-3-4-8-20/h5-6,13H,3-4,7-12,14H2,1-2H3,(H,22,25)/p+1. The molecule has 1 aromatic carbocycles. The first kappa shape index (κ1) is 20.8. The summed E-state index contributed by atoms with van der Waals surface area (Å²) >= 11 is 0. The molecule has 0 atom stereocenters. The predicted molar refractivity (Wildman–Crippen MR) is 105 cm³/mol. The van der Waals surface area contributed by atoms with Crippen molar-refractivity contribution in [1.29, 1.82) is 5.26 Å². The van der Waals surface area contributed by atoms with E-state index >= 15 is 0 Å². The number of benzene rings is 1. The zero-order chi connectivity index (χ0) is 20.4. The molecule has 1 saturated heterocycles. The van der Waals surface area contributed by atoms with Gasteiger partial charge in [-0.1, -0.05) is 17.7 Å². The molecule has 2 N–H and O–H groups in total. The Morgan fingerprint density at radius 1 is 1.25 bits per heavy atom. The minimum atomic E-state index is -3.52. The van der Waals surface area contributed by atoms with Crippen LogP contribution in [0.25, 0.3) is 0 Å². The highest BCUT2D eigenvalue weighted by molar-refractivity contribution is 7.89. The normalized spacial score (nSPS) is 20.6. The third kappa shape index (κ3) is 4.37. The quantitative estimate of drug-likeness (QED) is 0.729. The summed E-state index contributed by atoms with van der Waals surface area (Å²) < 4.78 is 27.4. The van der Waals surface area contributed by atoms with E-state index in [9.17, 15) is 18.5 Å². The van der Waals surface area contributed by atoms with Crippen molar-refractivity contribution < 1.29 is 18.1 Å². The Hall–Kier alpha value is -1.95. The minimum Gasteiger partial charge on any atom is -0.333 e. The van der Waals surface area contributed by atoms with Gasteiger partial charge in [0.1, 0.15) is 5.54 Å². The van der Waals surface area contributed by atoms with Gasteiger partial charge in [-0.3, -0.25) is 4.79 Å². The van der Waals surface area contributed by atoms with Crippen LogP contribution in [0, 0.1) is 25.2 Å². The van der Waals surface area contributed by atoms with Gasteiger partial charge in [-0.2, -0.15) is 9.57 Å². The maximum atomic E-state index is 13.0. The second kappa shape index (κ2) is 8.19. The SMILES string of the molecule is Cc1ccc(S(=O)(=O)N2CC[NH+](CC(=O)NC3(C#N)CCCC3)CC2)c(C)c1. The molecule has 1 aliphatic carbocycles. The van der Waals surface area contributed by atoms with E-state index in [0.717, 1.165) is 28.9 Å². The van der Waals surface area contributed by atoms with E-state index in [4.69, 9.17) is 0 Å². The lowest BCUT2D eigenvalue weighted by Crippen LogP contribution is -3.16. The van der Waals surface area contributed by atoms with Crippen molar-refractivity contribution in [1.82, 2.24) is 9.62 Å². The summed E-state index contributed by atoms with van der Waals surface area (Å²) in [5.41, 5.74) is 1.09. The van der Waals surface area contributed by atoms with Gasteiger partial charge in [0, 0.05) is 0 Å². The Morgan fingerprint density at radius 3 is 2.46 bits per heavy atom. The van der Waals surface area contributed by atoms with E-state index in [2.05, 4.69) is 11.4 Å². The molecule has 1 heterocycles. The van der Waals surface area contributed by atoms with E-state index < -0.39 is 15.6 Å². The summed E-state index contributed by atoms with van der Waals surface area (Å²) in [5.74, 6) is -0.121. The Morgan fingerprint density at radius 2 is 1.89 bits per heavy atom. The highest BCUT2D eigenvalue weighted by Crippen LogP contribution is 2.28. The second-order valence-corrected chi connectivity index (χ2v) is 9.96. The number of nitriles is 1. The molecule has 7 nitrogen and oxygen atoms in total. The molecule has 0 radical (unpaired) electrons. The Kier molecular flexibility index (Phi) is 6.08. The Balaban J connectivity index is 1.57. The summed E-state index contributed by atoms with van der Waals surface area (Å²) in [6, 6.07) is 7.65. The molecule has 1 saturated carbocycles. The van der Waals surface area contributed by atoms with Crippen molar-refractivity contribution >= 4 is 15.9 Å². The van der Waals surface area contributed by atoms with E-state index in [1.165, 1.54) is 4.31 Å². The fourth-order valence-corrected chi connectivity index (χ4v) is 5.88. The monoisotopic (exact) mass is 405 g/mol. The molecule has 152 valence electrons. The van der Waals surface area contributed by atoms with Crippen LogP contribution in [-0.4, -0.2) is 56.9 Å². The third-order valence-electron chi connectivity index (χ3n) is 5.84. The number of piperazine rings is 1. The molecule has 3 rings (SSSR count). The van der Waals surface area contributed by atoms with Crippen LogP contribution in [0.1, 0.15) is 36.8 Å². The van der Waals surface area contributed by atoms with Gasteiger partial charge in [-0.15, -0.1) is 0 Å². The number of nitrogens with zero attached hydrogens (tertiary/aromatic N) is 2. The van der Waals surface area contributed by atoms with Crippen LogP contribution in [0.5, 0.6) is 0 Å². The molecule has 1 amide bonds. The number of aryl methyl sites for hydroxylation is 2. The summed E-state index contributed by atoms with van der Waals surface area (Å²) in [7, 11) is -3.52. The Bertz CT molecular complexity index is 877. The largest absolute Gasteiger partial charge is 0.333 e. The molecule has 0 bridgehead atoms. The van der Waals surface area contributed by atoms with Gasteiger partial charge in [0.05, 0.1) is 37.1 Å². The summed E-state index contributed by atoms with van der Waals surface area (Å²) in [5, 5.41) is 12.3. The number of quaternary nitrogens is 1. The van der Waals surface area contributed by atoms with E-state index in [1.54, 1.807) is 6.07 Å². The molecule has 2 aliphatic rings. The fraction of sp³-hybridized carbons (Fsp3) is 0.600. The maximum Gasteiger partial charge on any atom is 0.276 e. The highest BCUT2D eigenvalue weighted by Gasteiger charge is 2.37. The third-order valence-corrected chi connectivity index (χ3v) is 7.90. The molecule has 0 aromatic heterocycles. The topological polar surface area (TPSA) is 94.7 Å². The van der Waals surface area contributed by atoms with Crippen LogP contribution in [0.4, 0.5) is 0 Å². The smallest absolute Gasteiger partial charge is 0.276 e. The van der Waals surface area contributed by atoms with Gasteiger partial charge in [-0.25, -0.2) is 8.42 Å². The number of amides is 1. The van der Waals surface area contributed by atoms with Crippen molar-refractivity contribution in [3.8, 4) is 6.07 Å². The first-order valence-electron chi connectivity index (χ1n) is 9.89. The van der Waals surface area contributed by atoms with Gasteiger partial charge >= 0.3 is 0 Å². The van der Waals surface area contributed by atoms with Crippen LogP contribution < -0.4 is 10.2 Å². The van der Waals surface area contributed by atoms with Gasteiger partial charge in [0.25, 0.3) is 5.91 Å². The maximum absolute atomic E-state index is 13.0. The fourth-order valence-electron chi connectivity index (χ4n) is 4.23. The minimum absolute atomic E-state index is 0.121. The van der Waals surface area contributed by atoms with Gasteiger partial charge in [0.2, 0.25) is 10.0 Å². The van der Waals surface area contributed by atoms with Gasteiger partial charge < -0.3 is 10.2 Å². The van der Waals surface area contributed by atoms with Crippen LogP contribution in [-0.2, 0) is 14.8 Å². The van der Waals surface area contributed by atoms with Crippen molar-refractivity contribution in [3.05, 3.63) is 29.3 Å². The van der Waals surface area contributed by atoms with Crippen LogP contribution >= 0.6 is 0 Å². The molecule has 0 spiro atoms. The molecule has 0 unspecified atom stereocenters. The van der Waals surface area contributed by atoms with Crippen LogP contribution in [0.3, 0.4) is 0 Å². The number of sulfonamides is 1. The summed E-state index contributed by atoms with van der Waals surface area (Å²) in [6.07, 6.45) is 3.37. The molecule has 1 aromatic rings. The van der Waals surface area contributed by atoms with E-state index in [0.29, 0.717) is 43.9 Å². The number of hydrogen-bond donors (Lipinski definition) is 2. The summed E-state index contributed by atoms with van der Waals surface area (Å²) in [4.78, 5) is 13.8. The van der Waals surface area contributed by atoms with Crippen LogP contribution in [0.15, 0.2) is 23.1 Å². The highest BCUT2D eigenvalue weighted by atomic mass is 32.2. The van der Waals surface area contributed by atoms with Crippen LogP contribution in [0.2, 0.25) is 0 Å². The number of carbonyl (C=O) groups excluding carboxylic acids is 1. The second-order valence-electron chi connectivity index (χ2n) is 8.05. The number of nitrogens with one attached hydrogen (secondary N) is 2. The average Bonchev–Trinajstić information content (AvgIpc) is 3.10. The molecule has 28 heavy (non-hydrogen) atoms. The molecular formula is C20H29N4O3S+. The van der Waals surface area contributed by atoms with Gasteiger partial charge in [-0.05, 0) is 51.2 Å². The average molecular weight is 406 g/mol. The van der Waals surface area contributed by atoms with Crippen molar-refractivity contribution in [3.63, 3.8) is 0 Å². The Labute approximate surface area is 167 Å². The predicted octanol–water partition coefficient (Wildman–Crippen LogP) is 0.145. The first-order chi connectivity index (χ1) is 13.3. The van der Waals surface area contributed by atoms with Crippen molar-refractivity contribution in [2.45, 2.75) is 50.0 Å².